The average molecular weight is 275 g/mol. The molecule has 0 heterocycles. The number of benzene rings is 1. The van der Waals surface area contributed by atoms with Gasteiger partial charge in [0.25, 0.3) is 0 Å². The van der Waals surface area contributed by atoms with Crippen LogP contribution < -0.4 is 5.32 Å². The van der Waals surface area contributed by atoms with Gasteiger partial charge < -0.3 is 20.3 Å². The lowest BCUT2D eigenvalue weighted by Gasteiger charge is -2.09. The SMILES string of the molecule is O=C(O)c1cc(F)c(NCCCOCCO)c(F)c1. The maximum Gasteiger partial charge on any atom is 0.335 e. The van der Waals surface area contributed by atoms with Crippen molar-refractivity contribution in [2.24, 2.45) is 0 Å². The van der Waals surface area contributed by atoms with Crippen LogP contribution in [0.4, 0.5) is 14.5 Å². The highest BCUT2D eigenvalue weighted by Crippen LogP contribution is 2.20. The Morgan fingerprint density at radius 2 is 1.89 bits per heavy atom. The Labute approximate surface area is 108 Å². The van der Waals surface area contributed by atoms with Crippen molar-refractivity contribution in [2.75, 3.05) is 31.7 Å². The summed E-state index contributed by atoms with van der Waals surface area (Å²) in [6.45, 7) is 0.763. The van der Waals surface area contributed by atoms with E-state index in [1.165, 1.54) is 0 Å². The summed E-state index contributed by atoms with van der Waals surface area (Å²) in [6, 6.07) is 1.52. The average Bonchev–Trinajstić information content (AvgIpc) is 2.35. The van der Waals surface area contributed by atoms with Gasteiger partial charge in [0.2, 0.25) is 0 Å². The standard InChI is InChI=1S/C12H15F2NO4/c13-9-6-8(12(17)18)7-10(14)11(9)15-2-1-4-19-5-3-16/h6-7,15-16H,1-5H2,(H,17,18). The van der Waals surface area contributed by atoms with Crippen LogP contribution >= 0.6 is 0 Å². The van der Waals surface area contributed by atoms with Crippen LogP contribution in [0.1, 0.15) is 16.8 Å². The number of anilines is 1. The van der Waals surface area contributed by atoms with Crippen molar-refractivity contribution in [2.45, 2.75) is 6.42 Å². The Hall–Kier alpha value is -1.73. The number of carboxylic acid groups (broad SMARTS) is 1. The third kappa shape index (κ3) is 4.80. The Kier molecular flexibility index (Phi) is 6.17. The maximum absolute atomic E-state index is 13.5. The van der Waals surface area contributed by atoms with Crippen molar-refractivity contribution in [3.63, 3.8) is 0 Å². The number of hydrogen-bond donors (Lipinski definition) is 3. The highest BCUT2D eigenvalue weighted by molar-refractivity contribution is 5.88. The molecule has 0 saturated heterocycles. The van der Waals surface area contributed by atoms with Crippen molar-refractivity contribution >= 4 is 11.7 Å². The van der Waals surface area contributed by atoms with Crippen molar-refractivity contribution in [1.29, 1.82) is 0 Å². The van der Waals surface area contributed by atoms with Crippen LogP contribution in [0.25, 0.3) is 0 Å². The van der Waals surface area contributed by atoms with Gasteiger partial charge in [-0.3, -0.25) is 0 Å². The van der Waals surface area contributed by atoms with Gasteiger partial charge in [-0.2, -0.15) is 0 Å². The first-order chi connectivity index (χ1) is 9.06. The van der Waals surface area contributed by atoms with Crippen LogP contribution in [0, 0.1) is 11.6 Å². The molecule has 5 nitrogen and oxygen atoms in total. The fourth-order valence-electron chi connectivity index (χ4n) is 1.42. The molecule has 0 aromatic heterocycles. The first-order valence-corrected chi connectivity index (χ1v) is 5.71. The molecule has 0 atom stereocenters. The second-order valence-corrected chi connectivity index (χ2v) is 3.74. The molecule has 7 heteroatoms. The van der Waals surface area contributed by atoms with Crippen LogP contribution in [0.5, 0.6) is 0 Å². The van der Waals surface area contributed by atoms with Gasteiger partial charge in [-0.25, -0.2) is 13.6 Å². The Morgan fingerprint density at radius 1 is 1.26 bits per heavy atom. The quantitative estimate of drug-likeness (QED) is 0.626. The Morgan fingerprint density at radius 3 is 2.42 bits per heavy atom. The molecule has 0 fully saturated rings. The van der Waals surface area contributed by atoms with E-state index in [1.807, 2.05) is 0 Å². The number of carbonyl (C=O) groups is 1. The monoisotopic (exact) mass is 275 g/mol. The fourth-order valence-corrected chi connectivity index (χ4v) is 1.42. The lowest BCUT2D eigenvalue weighted by atomic mass is 10.2. The summed E-state index contributed by atoms with van der Waals surface area (Å²) >= 11 is 0. The van der Waals surface area contributed by atoms with Crippen molar-refractivity contribution in [3.8, 4) is 0 Å². The van der Waals surface area contributed by atoms with E-state index in [4.69, 9.17) is 14.9 Å². The van der Waals surface area contributed by atoms with Crippen molar-refractivity contribution < 1.29 is 28.5 Å². The molecule has 0 aliphatic heterocycles. The van der Waals surface area contributed by atoms with E-state index in [0.717, 1.165) is 12.1 Å². The fraction of sp³-hybridized carbons (Fsp3) is 0.417. The zero-order valence-corrected chi connectivity index (χ0v) is 10.2. The Bertz CT molecular complexity index is 417. The Balaban J connectivity index is 2.52. The molecule has 0 radical (unpaired) electrons. The first kappa shape index (κ1) is 15.3. The van der Waals surface area contributed by atoms with Gasteiger partial charge in [0.1, 0.15) is 17.3 Å². The third-order valence-electron chi connectivity index (χ3n) is 2.29. The minimum Gasteiger partial charge on any atom is -0.478 e. The topological polar surface area (TPSA) is 78.8 Å². The second kappa shape index (κ2) is 7.65. The lowest BCUT2D eigenvalue weighted by molar-refractivity contribution is 0.0696. The number of aliphatic hydroxyl groups excluding tert-OH is 1. The minimum atomic E-state index is -1.39. The first-order valence-electron chi connectivity index (χ1n) is 5.71. The van der Waals surface area contributed by atoms with E-state index < -0.39 is 23.2 Å². The highest BCUT2D eigenvalue weighted by atomic mass is 19.1. The summed E-state index contributed by atoms with van der Waals surface area (Å²) in [4.78, 5) is 10.6. The molecule has 0 unspecified atom stereocenters. The summed E-state index contributed by atoms with van der Waals surface area (Å²) in [6.07, 6.45) is 0.500. The molecule has 0 spiro atoms. The van der Waals surface area contributed by atoms with Crippen molar-refractivity contribution in [3.05, 3.63) is 29.3 Å². The minimum absolute atomic E-state index is 0.0761. The van der Waals surface area contributed by atoms with E-state index in [0.29, 0.717) is 13.0 Å². The third-order valence-corrected chi connectivity index (χ3v) is 2.29. The smallest absolute Gasteiger partial charge is 0.335 e. The molecule has 0 aliphatic rings. The predicted octanol–water partition coefficient (Wildman–Crippen LogP) is 1.47. The highest BCUT2D eigenvalue weighted by Gasteiger charge is 2.14. The number of rotatable bonds is 8. The molecule has 1 rings (SSSR count). The summed E-state index contributed by atoms with van der Waals surface area (Å²) in [5.74, 6) is -3.29. The normalized spacial score (nSPS) is 10.5. The number of nitrogens with one attached hydrogen (secondary N) is 1. The lowest BCUT2D eigenvalue weighted by Crippen LogP contribution is -2.10. The zero-order chi connectivity index (χ0) is 14.3. The van der Waals surface area contributed by atoms with Crippen LogP contribution in [-0.4, -0.2) is 42.5 Å². The maximum atomic E-state index is 13.5. The van der Waals surface area contributed by atoms with Gasteiger partial charge in [0, 0.05) is 13.2 Å². The summed E-state index contributed by atoms with van der Waals surface area (Å²) in [5.41, 5.74) is -0.793. The molecule has 1 aromatic rings. The number of ether oxygens (including phenoxy) is 1. The summed E-state index contributed by atoms with van der Waals surface area (Å²) in [7, 11) is 0. The molecule has 3 N–H and O–H groups in total. The second-order valence-electron chi connectivity index (χ2n) is 3.74. The van der Waals surface area contributed by atoms with Crippen LogP contribution in [0.15, 0.2) is 12.1 Å². The summed E-state index contributed by atoms with van der Waals surface area (Å²) < 4.78 is 31.9. The number of aromatic carboxylic acids is 1. The number of carboxylic acids is 1. The predicted molar refractivity (Wildman–Crippen MR) is 64.3 cm³/mol. The van der Waals surface area contributed by atoms with Crippen LogP contribution in [0.3, 0.4) is 0 Å². The van der Waals surface area contributed by atoms with E-state index in [-0.39, 0.29) is 25.4 Å². The van der Waals surface area contributed by atoms with Gasteiger partial charge in [-0.05, 0) is 18.6 Å². The van der Waals surface area contributed by atoms with Gasteiger partial charge in [0.15, 0.2) is 0 Å². The molecule has 19 heavy (non-hydrogen) atoms. The molecule has 0 aliphatic carbocycles. The van der Waals surface area contributed by atoms with E-state index in [2.05, 4.69) is 5.32 Å². The van der Waals surface area contributed by atoms with Gasteiger partial charge in [-0.15, -0.1) is 0 Å². The molecule has 0 bridgehead atoms. The molecular weight excluding hydrogens is 260 g/mol. The van der Waals surface area contributed by atoms with Gasteiger partial charge in [0.05, 0.1) is 18.8 Å². The van der Waals surface area contributed by atoms with Crippen LogP contribution in [0.2, 0.25) is 0 Å². The van der Waals surface area contributed by atoms with E-state index in [1.54, 1.807) is 0 Å². The van der Waals surface area contributed by atoms with E-state index >= 15 is 0 Å². The van der Waals surface area contributed by atoms with Crippen molar-refractivity contribution in [1.82, 2.24) is 0 Å². The number of hydrogen-bond acceptors (Lipinski definition) is 4. The number of aliphatic hydroxyl groups is 1. The molecule has 0 amide bonds. The zero-order valence-electron chi connectivity index (χ0n) is 10.2. The molecule has 1 aromatic carbocycles. The largest absolute Gasteiger partial charge is 0.478 e. The summed E-state index contributed by atoms with van der Waals surface area (Å²) in [5, 5.41) is 19.6. The number of halogens is 2. The van der Waals surface area contributed by atoms with Crippen LogP contribution in [-0.2, 0) is 4.74 Å². The molecule has 0 saturated carbocycles. The van der Waals surface area contributed by atoms with Gasteiger partial charge >= 0.3 is 5.97 Å². The van der Waals surface area contributed by atoms with Gasteiger partial charge in [-0.1, -0.05) is 0 Å². The molecule has 106 valence electrons. The molecular formula is C12H15F2NO4. The van der Waals surface area contributed by atoms with E-state index in [9.17, 15) is 13.6 Å².